The maximum absolute atomic E-state index is 12.7. The van der Waals surface area contributed by atoms with Crippen LogP contribution in [0.1, 0.15) is 12.5 Å². The van der Waals surface area contributed by atoms with E-state index < -0.39 is 5.41 Å². The number of carbonyl (C=O) groups is 1. The van der Waals surface area contributed by atoms with E-state index in [1.165, 1.54) is 0 Å². The van der Waals surface area contributed by atoms with Crippen LogP contribution >= 0.6 is 0 Å². The minimum Gasteiger partial charge on any atom is -0.497 e. The Morgan fingerprint density at radius 3 is 2.00 bits per heavy atom. The topological polar surface area (TPSA) is 32.8 Å². The smallest absolute Gasteiger partial charge is 0.164 e. The van der Waals surface area contributed by atoms with E-state index in [-0.39, 0.29) is 5.78 Å². The number of benzene rings is 1. The molecule has 0 saturated carbocycles. The van der Waals surface area contributed by atoms with Gasteiger partial charge in [0, 0.05) is 13.1 Å². The first kappa shape index (κ1) is 18.4. The van der Waals surface area contributed by atoms with E-state index in [2.05, 4.69) is 9.80 Å². The molecular weight excluding hydrogens is 276 g/mol. The lowest BCUT2D eigenvalue weighted by molar-refractivity contribution is -0.124. The summed E-state index contributed by atoms with van der Waals surface area (Å²) in [7, 11) is 9.62. The molecule has 1 aromatic carbocycles. The van der Waals surface area contributed by atoms with Crippen molar-refractivity contribution in [2.24, 2.45) is 5.41 Å². The Morgan fingerprint density at radius 2 is 1.59 bits per heavy atom. The second-order valence-electron chi connectivity index (χ2n) is 6.51. The van der Waals surface area contributed by atoms with Gasteiger partial charge in [-0.1, -0.05) is 18.2 Å². The first-order chi connectivity index (χ1) is 10.3. The summed E-state index contributed by atoms with van der Waals surface area (Å²) in [5.41, 5.74) is 0.571. The van der Waals surface area contributed by atoms with Gasteiger partial charge in [0.1, 0.15) is 5.75 Å². The second kappa shape index (κ2) is 8.11. The van der Waals surface area contributed by atoms with Crippen LogP contribution in [0.3, 0.4) is 0 Å². The molecule has 0 aliphatic heterocycles. The van der Waals surface area contributed by atoms with Crippen LogP contribution in [0.4, 0.5) is 0 Å². The summed E-state index contributed by atoms with van der Waals surface area (Å²) in [6.07, 6.45) is 3.56. The molecule has 0 atom stereocenters. The Hall–Kier alpha value is -1.65. The Balaban J connectivity index is 2.86. The Morgan fingerprint density at radius 1 is 1.09 bits per heavy atom. The van der Waals surface area contributed by atoms with Crippen LogP contribution in [0.25, 0.3) is 6.08 Å². The van der Waals surface area contributed by atoms with Crippen molar-refractivity contribution in [3.63, 3.8) is 0 Å². The summed E-state index contributed by atoms with van der Waals surface area (Å²) < 4.78 is 5.13. The number of carbonyl (C=O) groups excluding carboxylic acids is 1. The largest absolute Gasteiger partial charge is 0.497 e. The molecule has 0 radical (unpaired) electrons. The van der Waals surface area contributed by atoms with Gasteiger partial charge in [0.05, 0.1) is 12.5 Å². The Bertz CT molecular complexity index is 494. The van der Waals surface area contributed by atoms with Crippen LogP contribution in [0.15, 0.2) is 30.3 Å². The molecule has 1 rings (SSSR count). The molecule has 4 heteroatoms. The predicted molar refractivity (Wildman–Crippen MR) is 92.3 cm³/mol. The number of methoxy groups -OCH3 is 1. The van der Waals surface area contributed by atoms with Crippen molar-refractivity contribution in [1.29, 1.82) is 0 Å². The number of hydrogen-bond acceptors (Lipinski definition) is 4. The summed E-state index contributed by atoms with van der Waals surface area (Å²) in [4.78, 5) is 16.8. The minimum atomic E-state index is -0.421. The van der Waals surface area contributed by atoms with Crippen molar-refractivity contribution in [3.8, 4) is 5.75 Å². The van der Waals surface area contributed by atoms with Gasteiger partial charge in [-0.3, -0.25) is 4.79 Å². The lowest BCUT2D eigenvalue weighted by Crippen LogP contribution is -2.44. The van der Waals surface area contributed by atoms with E-state index >= 15 is 0 Å². The number of ketones is 1. The lowest BCUT2D eigenvalue weighted by Gasteiger charge is -2.32. The first-order valence-corrected chi connectivity index (χ1v) is 7.43. The average Bonchev–Trinajstić information content (AvgIpc) is 2.43. The van der Waals surface area contributed by atoms with Crippen LogP contribution in [0.2, 0.25) is 0 Å². The van der Waals surface area contributed by atoms with Crippen molar-refractivity contribution in [1.82, 2.24) is 9.80 Å². The van der Waals surface area contributed by atoms with E-state index in [4.69, 9.17) is 4.74 Å². The average molecular weight is 304 g/mol. The highest BCUT2D eigenvalue weighted by Crippen LogP contribution is 2.21. The molecule has 0 heterocycles. The fourth-order valence-corrected chi connectivity index (χ4v) is 2.69. The van der Waals surface area contributed by atoms with Gasteiger partial charge in [0.15, 0.2) is 5.78 Å². The van der Waals surface area contributed by atoms with Crippen molar-refractivity contribution >= 4 is 11.9 Å². The highest BCUT2D eigenvalue weighted by atomic mass is 16.5. The zero-order valence-corrected chi connectivity index (χ0v) is 14.6. The summed E-state index contributed by atoms with van der Waals surface area (Å²) in [5, 5.41) is 0. The molecule has 0 amide bonds. The number of nitrogens with zero attached hydrogens (tertiary/aromatic N) is 2. The quantitative estimate of drug-likeness (QED) is 0.691. The molecule has 0 saturated heterocycles. The van der Waals surface area contributed by atoms with E-state index in [0.29, 0.717) is 0 Å². The molecule has 0 aliphatic carbocycles. The van der Waals surface area contributed by atoms with Crippen LogP contribution in [0.5, 0.6) is 5.75 Å². The summed E-state index contributed by atoms with van der Waals surface area (Å²) in [5.74, 6) is 0.958. The van der Waals surface area contributed by atoms with Gasteiger partial charge in [0.2, 0.25) is 0 Å². The molecule has 4 nitrogen and oxygen atoms in total. The van der Waals surface area contributed by atoms with Gasteiger partial charge < -0.3 is 14.5 Å². The van der Waals surface area contributed by atoms with Crippen LogP contribution in [-0.2, 0) is 4.79 Å². The predicted octanol–water partition coefficient (Wildman–Crippen LogP) is 2.41. The normalized spacial score (nSPS) is 12.4. The van der Waals surface area contributed by atoms with E-state index in [1.807, 2.05) is 65.5 Å². The third kappa shape index (κ3) is 5.62. The molecule has 0 N–H and O–H groups in total. The number of rotatable bonds is 8. The van der Waals surface area contributed by atoms with Gasteiger partial charge in [-0.25, -0.2) is 0 Å². The molecule has 0 aromatic heterocycles. The van der Waals surface area contributed by atoms with Crippen molar-refractivity contribution in [2.75, 3.05) is 48.4 Å². The van der Waals surface area contributed by atoms with Crippen LogP contribution < -0.4 is 4.74 Å². The van der Waals surface area contributed by atoms with Gasteiger partial charge >= 0.3 is 0 Å². The lowest BCUT2D eigenvalue weighted by atomic mass is 9.84. The van der Waals surface area contributed by atoms with E-state index in [0.717, 1.165) is 24.4 Å². The van der Waals surface area contributed by atoms with E-state index in [1.54, 1.807) is 13.2 Å². The SMILES string of the molecule is COc1ccc(C=CC(=O)C(C)(CN(C)C)CN(C)C)cc1. The maximum Gasteiger partial charge on any atom is 0.164 e. The van der Waals surface area contributed by atoms with Gasteiger partial charge in [-0.15, -0.1) is 0 Å². The molecule has 122 valence electrons. The summed E-state index contributed by atoms with van der Waals surface area (Å²) in [6, 6.07) is 7.67. The fourth-order valence-electron chi connectivity index (χ4n) is 2.69. The van der Waals surface area contributed by atoms with Crippen molar-refractivity contribution in [3.05, 3.63) is 35.9 Å². The molecule has 1 aromatic rings. The molecular formula is C18H28N2O2. The van der Waals surface area contributed by atoms with E-state index in [9.17, 15) is 4.79 Å². The number of hydrogen-bond donors (Lipinski definition) is 0. The fraction of sp³-hybridized carbons (Fsp3) is 0.500. The highest BCUT2D eigenvalue weighted by Gasteiger charge is 2.32. The molecule has 0 spiro atoms. The molecule has 0 aliphatic rings. The minimum absolute atomic E-state index is 0.144. The monoisotopic (exact) mass is 304 g/mol. The van der Waals surface area contributed by atoms with Crippen molar-refractivity contribution < 1.29 is 9.53 Å². The molecule has 22 heavy (non-hydrogen) atoms. The molecule has 0 bridgehead atoms. The highest BCUT2D eigenvalue weighted by molar-refractivity contribution is 5.98. The zero-order valence-electron chi connectivity index (χ0n) is 14.6. The Kier molecular flexibility index (Phi) is 6.78. The Labute approximate surface area is 134 Å². The third-order valence-electron chi connectivity index (χ3n) is 3.47. The van der Waals surface area contributed by atoms with Gasteiger partial charge in [-0.05, 0) is 58.9 Å². The second-order valence-corrected chi connectivity index (χ2v) is 6.51. The van der Waals surface area contributed by atoms with Crippen LogP contribution in [0, 0.1) is 5.41 Å². The summed E-state index contributed by atoms with van der Waals surface area (Å²) in [6.45, 7) is 3.46. The van der Waals surface area contributed by atoms with Crippen LogP contribution in [-0.4, -0.2) is 64.0 Å². The molecule has 0 unspecified atom stereocenters. The van der Waals surface area contributed by atoms with Crippen molar-refractivity contribution in [2.45, 2.75) is 6.92 Å². The number of ether oxygens (including phenoxy) is 1. The molecule has 0 fully saturated rings. The zero-order chi connectivity index (χ0) is 16.8. The summed E-state index contributed by atoms with van der Waals surface area (Å²) >= 11 is 0. The van der Waals surface area contributed by atoms with Gasteiger partial charge in [-0.2, -0.15) is 0 Å². The third-order valence-corrected chi connectivity index (χ3v) is 3.47. The maximum atomic E-state index is 12.7. The number of allylic oxidation sites excluding steroid dienone is 1. The first-order valence-electron chi connectivity index (χ1n) is 7.43. The van der Waals surface area contributed by atoms with Gasteiger partial charge in [0.25, 0.3) is 0 Å². The standard InChI is InChI=1S/C18H28N2O2/c1-18(13-19(2)3,14-20(4)5)17(21)12-9-15-7-10-16(22-6)11-8-15/h7-12H,13-14H2,1-6H3.